The van der Waals surface area contributed by atoms with Crippen LogP contribution >= 0.6 is 0 Å². The number of anilines is 3. The summed E-state index contributed by atoms with van der Waals surface area (Å²) in [6.45, 7) is 7.79. The Balaban J connectivity index is 1.69. The second kappa shape index (κ2) is 8.29. The van der Waals surface area contributed by atoms with Crippen LogP contribution in [0, 0.1) is 25.5 Å². The van der Waals surface area contributed by atoms with Gasteiger partial charge in [0.1, 0.15) is 11.6 Å². The van der Waals surface area contributed by atoms with E-state index in [9.17, 15) is 13.6 Å². The highest BCUT2D eigenvalue weighted by Gasteiger charge is 2.21. The fourth-order valence-corrected chi connectivity index (χ4v) is 3.55. The minimum Gasteiger partial charge on any atom is -0.353 e. The highest BCUT2D eigenvalue weighted by atomic mass is 19.2. The first kappa shape index (κ1) is 20.7. The Morgan fingerprint density at radius 1 is 1.00 bits per heavy atom. The van der Waals surface area contributed by atoms with Gasteiger partial charge in [-0.2, -0.15) is 15.1 Å². The van der Waals surface area contributed by atoms with Gasteiger partial charge in [-0.1, -0.05) is 0 Å². The number of benzene rings is 1. The van der Waals surface area contributed by atoms with Gasteiger partial charge in [0.05, 0.1) is 5.69 Å². The number of hydrogen-bond donors (Lipinski definition) is 1. The van der Waals surface area contributed by atoms with Crippen LogP contribution in [0.25, 0.3) is 5.95 Å². The summed E-state index contributed by atoms with van der Waals surface area (Å²) in [7, 11) is 0. The standard InChI is InChI=1S/C21H23F2N7O/c1-13-10-14(2)30(27-13)21-25-19(24-16-4-5-17(22)18(23)11-16)12-20(26-21)29-8-6-28(7-9-29)15(3)31/h4-5,10-12H,6-9H2,1-3H3,(H,24,25,26). The van der Waals surface area contributed by atoms with Gasteiger partial charge in [-0.15, -0.1) is 0 Å². The van der Waals surface area contributed by atoms with E-state index in [-0.39, 0.29) is 5.91 Å². The summed E-state index contributed by atoms with van der Waals surface area (Å²) < 4.78 is 28.6. The molecule has 1 aromatic carbocycles. The zero-order chi connectivity index (χ0) is 22.1. The fourth-order valence-electron chi connectivity index (χ4n) is 3.55. The molecule has 0 unspecified atom stereocenters. The molecule has 0 aliphatic carbocycles. The van der Waals surface area contributed by atoms with E-state index in [0.717, 1.165) is 23.5 Å². The Labute approximate surface area is 178 Å². The maximum atomic E-state index is 13.7. The molecule has 0 bridgehead atoms. The van der Waals surface area contributed by atoms with Crippen molar-refractivity contribution in [2.45, 2.75) is 20.8 Å². The van der Waals surface area contributed by atoms with Crippen LogP contribution in [-0.2, 0) is 4.79 Å². The van der Waals surface area contributed by atoms with Crippen LogP contribution in [0.15, 0.2) is 30.3 Å². The average Bonchev–Trinajstić information content (AvgIpc) is 3.08. The number of aromatic nitrogens is 4. The lowest BCUT2D eigenvalue weighted by molar-refractivity contribution is -0.129. The molecule has 3 heterocycles. The van der Waals surface area contributed by atoms with Crippen molar-refractivity contribution in [2.75, 3.05) is 36.4 Å². The number of nitrogens with zero attached hydrogens (tertiary/aromatic N) is 6. The van der Waals surface area contributed by atoms with Crippen molar-refractivity contribution in [3.63, 3.8) is 0 Å². The van der Waals surface area contributed by atoms with Gasteiger partial charge in [-0.05, 0) is 32.0 Å². The molecule has 0 radical (unpaired) electrons. The van der Waals surface area contributed by atoms with E-state index in [1.807, 2.05) is 19.9 Å². The zero-order valence-electron chi connectivity index (χ0n) is 17.6. The summed E-state index contributed by atoms with van der Waals surface area (Å²) in [4.78, 5) is 24.7. The van der Waals surface area contributed by atoms with Gasteiger partial charge < -0.3 is 15.1 Å². The van der Waals surface area contributed by atoms with E-state index in [4.69, 9.17) is 0 Å². The summed E-state index contributed by atoms with van der Waals surface area (Å²) in [6.07, 6.45) is 0. The van der Waals surface area contributed by atoms with Crippen LogP contribution in [0.2, 0.25) is 0 Å². The summed E-state index contributed by atoms with van der Waals surface area (Å²) >= 11 is 0. The molecule has 4 rings (SSSR count). The second-order valence-electron chi connectivity index (χ2n) is 7.50. The zero-order valence-corrected chi connectivity index (χ0v) is 17.6. The number of carbonyl (C=O) groups excluding carboxylic acids is 1. The normalized spacial score (nSPS) is 14.1. The summed E-state index contributed by atoms with van der Waals surface area (Å²) in [6, 6.07) is 7.24. The topological polar surface area (TPSA) is 79.2 Å². The smallest absolute Gasteiger partial charge is 0.254 e. The number of carbonyl (C=O) groups is 1. The molecule has 1 fully saturated rings. The first-order chi connectivity index (χ1) is 14.8. The SMILES string of the molecule is CC(=O)N1CCN(c2cc(Nc3ccc(F)c(F)c3)nc(-n3nc(C)cc3C)n2)CC1. The Kier molecular flexibility index (Phi) is 5.53. The van der Waals surface area contributed by atoms with E-state index in [2.05, 4.69) is 25.3 Å². The van der Waals surface area contributed by atoms with E-state index in [1.165, 1.54) is 6.07 Å². The molecule has 10 heteroatoms. The predicted molar refractivity (Wildman–Crippen MR) is 113 cm³/mol. The van der Waals surface area contributed by atoms with Crippen LogP contribution in [0.5, 0.6) is 0 Å². The first-order valence-electron chi connectivity index (χ1n) is 9.95. The third kappa shape index (κ3) is 4.47. The van der Waals surface area contributed by atoms with E-state index < -0.39 is 11.6 Å². The molecule has 1 aliphatic heterocycles. The quantitative estimate of drug-likeness (QED) is 0.690. The molecule has 162 valence electrons. The lowest BCUT2D eigenvalue weighted by atomic mass is 10.3. The van der Waals surface area contributed by atoms with Gasteiger partial charge in [-0.25, -0.2) is 13.5 Å². The Bertz CT molecular complexity index is 1120. The molecule has 8 nitrogen and oxygen atoms in total. The van der Waals surface area contributed by atoms with Gasteiger partial charge in [0.15, 0.2) is 11.6 Å². The van der Waals surface area contributed by atoms with E-state index >= 15 is 0 Å². The molecule has 2 aromatic heterocycles. The van der Waals surface area contributed by atoms with Crippen molar-refractivity contribution in [3.8, 4) is 5.95 Å². The van der Waals surface area contributed by atoms with Crippen LogP contribution < -0.4 is 10.2 Å². The molecule has 31 heavy (non-hydrogen) atoms. The average molecular weight is 427 g/mol. The molecule has 0 saturated carbocycles. The molecule has 3 aromatic rings. The highest BCUT2D eigenvalue weighted by Crippen LogP contribution is 2.24. The van der Waals surface area contributed by atoms with Gasteiger partial charge in [-0.3, -0.25) is 4.79 Å². The molecule has 1 N–H and O–H groups in total. The first-order valence-corrected chi connectivity index (χ1v) is 9.95. The molecule has 0 spiro atoms. The minimum atomic E-state index is -0.946. The molecular formula is C21H23F2N7O. The maximum absolute atomic E-state index is 13.7. The minimum absolute atomic E-state index is 0.0476. The van der Waals surface area contributed by atoms with Gasteiger partial charge in [0.2, 0.25) is 5.91 Å². The number of halogens is 2. The second-order valence-corrected chi connectivity index (χ2v) is 7.50. The Morgan fingerprint density at radius 3 is 2.35 bits per heavy atom. The van der Waals surface area contributed by atoms with Crippen molar-refractivity contribution >= 4 is 23.2 Å². The van der Waals surface area contributed by atoms with E-state index in [0.29, 0.717) is 49.5 Å². The molecule has 1 amide bonds. The number of aryl methyl sites for hydroxylation is 2. The predicted octanol–water partition coefficient (Wildman–Crippen LogP) is 2.97. The lowest BCUT2D eigenvalue weighted by Crippen LogP contribution is -2.48. The lowest BCUT2D eigenvalue weighted by Gasteiger charge is -2.35. The largest absolute Gasteiger partial charge is 0.353 e. The van der Waals surface area contributed by atoms with Crippen molar-refractivity contribution in [3.05, 3.63) is 53.4 Å². The van der Waals surface area contributed by atoms with Crippen molar-refractivity contribution < 1.29 is 13.6 Å². The molecule has 0 atom stereocenters. The number of nitrogens with one attached hydrogen (secondary N) is 1. The van der Waals surface area contributed by atoms with Gasteiger partial charge in [0.25, 0.3) is 5.95 Å². The van der Waals surface area contributed by atoms with Crippen molar-refractivity contribution in [1.82, 2.24) is 24.6 Å². The van der Waals surface area contributed by atoms with Gasteiger partial charge in [0, 0.05) is 56.6 Å². The third-order valence-corrected chi connectivity index (χ3v) is 5.14. The van der Waals surface area contributed by atoms with Crippen LogP contribution in [0.3, 0.4) is 0 Å². The molecule has 1 saturated heterocycles. The van der Waals surface area contributed by atoms with Crippen molar-refractivity contribution in [1.29, 1.82) is 0 Å². The third-order valence-electron chi connectivity index (χ3n) is 5.14. The summed E-state index contributed by atoms with van der Waals surface area (Å²) in [5.74, 6) is -0.369. The summed E-state index contributed by atoms with van der Waals surface area (Å²) in [5, 5.41) is 7.48. The van der Waals surface area contributed by atoms with Crippen LogP contribution in [0.4, 0.5) is 26.1 Å². The molecule has 1 aliphatic rings. The Hall–Kier alpha value is -3.56. The maximum Gasteiger partial charge on any atom is 0.254 e. The number of piperazine rings is 1. The van der Waals surface area contributed by atoms with Crippen molar-refractivity contribution in [2.24, 2.45) is 0 Å². The van der Waals surface area contributed by atoms with Gasteiger partial charge >= 0.3 is 0 Å². The summed E-state index contributed by atoms with van der Waals surface area (Å²) in [5.41, 5.74) is 2.07. The number of amides is 1. The monoisotopic (exact) mass is 427 g/mol. The van der Waals surface area contributed by atoms with Crippen LogP contribution in [0.1, 0.15) is 18.3 Å². The van der Waals surface area contributed by atoms with E-state index in [1.54, 1.807) is 22.6 Å². The fraction of sp³-hybridized carbons (Fsp3) is 0.333. The Morgan fingerprint density at radius 2 is 1.74 bits per heavy atom. The number of rotatable bonds is 4. The molecular weight excluding hydrogens is 404 g/mol. The highest BCUT2D eigenvalue weighted by molar-refractivity contribution is 5.73. The number of hydrogen-bond acceptors (Lipinski definition) is 6. The van der Waals surface area contributed by atoms with Crippen LogP contribution in [-0.4, -0.2) is 56.7 Å².